The van der Waals surface area contributed by atoms with Crippen LogP contribution in [0.2, 0.25) is 0 Å². The van der Waals surface area contributed by atoms with Crippen molar-refractivity contribution >= 4 is 16.4 Å². The van der Waals surface area contributed by atoms with Gasteiger partial charge in [0.1, 0.15) is 0 Å². The van der Waals surface area contributed by atoms with E-state index in [1.807, 2.05) is 6.92 Å². The molecule has 0 saturated carbocycles. The van der Waals surface area contributed by atoms with E-state index in [9.17, 15) is 13.2 Å². The minimum absolute atomic E-state index is 0.219. The van der Waals surface area contributed by atoms with Gasteiger partial charge in [-0.1, -0.05) is 6.92 Å². The zero-order chi connectivity index (χ0) is 11.7. The van der Waals surface area contributed by atoms with Crippen LogP contribution in [-0.4, -0.2) is 45.6 Å². The molecule has 1 aliphatic heterocycles. The van der Waals surface area contributed by atoms with E-state index >= 15 is 0 Å². The lowest BCUT2D eigenvalue weighted by molar-refractivity contribution is -0.000595. The molecule has 0 aromatic carbocycles. The molecule has 0 aliphatic carbocycles. The number of carbonyl (C=O) groups excluding carboxylic acids is 1. The van der Waals surface area contributed by atoms with E-state index in [1.165, 1.54) is 0 Å². The summed E-state index contributed by atoms with van der Waals surface area (Å²) in [6, 6.07) is 0. The normalized spacial score (nSPS) is 20.7. The molecule has 0 radical (unpaired) electrons. The standard InChI is InChI=1S/C7H14N2O5S/c1-7(5-13-2)3-9(4-7)15(11,12)14-6(8)10/h3-5H2,1-2H3,(H2,8,10). The van der Waals surface area contributed by atoms with Gasteiger partial charge < -0.3 is 14.7 Å². The molecule has 0 unspecified atom stereocenters. The van der Waals surface area contributed by atoms with Gasteiger partial charge in [-0.25, -0.2) is 4.79 Å². The summed E-state index contributed by atoms with van der Waals surface area (Å²) in [5.41, 5.74) is 4.41. The van der Waals surface area contributed by atoms with Crippen LogP contribution in [0, 0.1) is 5.41 Å². The van der Waals surface area contributed by atoms with Crippen molar-refractivity contribution in [2.24, 2.45) is 11.1 Å². The van der Waals surface area contributed by atoms with E-state index in [0.29, 0.717) is 6.61 Å². The van der Waals surface area contributed by atoms with Crippen LogP contribution in [0.1, 0.15) is 6.92 Å². The van der Waals surface area contributed by atoms with Crippen LogP contribution in [0.25, 0.3) is 0 Å². The molecular weight excluding hydrogens is 224 g/mol. The minimum Gasteiger partial charge on any atom is -0.384 e. The first-order valence-electron chi connectivity index (χ1n) is 4.27. The van der Waals surface area contributed by atoms with Crippen LogP contribution >= 0.6 is 0 Å². The first-order valence-corrected chi connectivity index (χ1v) is 5.63. The fourth-order valence-corrected chi connectivity index (χ4v) is 2.81. The molecule has 1 heterocycles. The SMILES string of the molecule is COCC1(C)CN(S(=O)(=O)OC(N)=O)C1. The van der Waals surface area contributed by atoms with Crippen molar-refractivity contribution in [2.75, 3.05) is 26.8 Å². The van der Waals surface area contributed by atoms with Crippen molar-refractivity contribution in [1.82, 2.24) is 4.31 Å². The molecule has 7 nitrogen and oxygen atoms in total. The lowest BCUT2D eigenvalue weighted by Gasteiger charge is -2.45. The molecule has 2 N–H and O–H groups in total. The average molecular weight is 238 g/mol. The van der Waals surface area contributed by atoms with E-state index in [-0.39, 0.29) is 18.5 Å². The second kappa shape index (κ2) is 3.95. The minimum atomic E-state index is -4.01. The highest BCUT2D eigenvalue weighted by Gasteiger charge is 2.46. The Morgan fingerprint density at radius 2 is 2.07 bits per heavy atom. The van der Waals surface area contributed by atoms with E-state index in [1.54, 1.807) is 7.11 Å². The van der Waals surface area contributed by atoms with Crippen LogP contribution in [0.15, 0.2) is 0 Å². The maximum absolute atomic E-state index is 11.3. The van der Waals surface area contributed by atoms with Gasteiger partial charge in [-0.3, -0.25) is 0 Å². The second-order valence-electron chi connectivity index (χ2n) is 3.87. The maximum atomic E-state index is 11.3. The maximum Gasteiger partial charge on any atom is 0.421 e. The number of hydrogen-bond donors (Lipinski definition) is 1. The largest absolute Gasteiger partial charge is 0.421 e. The van der Waals surface area contributed by atoms with Crippen molar-refractivity contribution in [1.29, 1.82) is 0 Å². The number of ether oxygens (including phenoxy) is 1. The van der Waals surface area contributed by atoms with Crippen molar-refractivity contribution < 1.29 is 22.1 Å². The highest BCUT2D eigenvalue weighted by atomic mass is 32.2. The topological polar surface area (TPSA) is 98.9 Å². The average Bonchev–Trinajstić information content (AvgIpc) is 1.97. The number of carbonyl (C=O) groups is 1. The molecule has 88 valence electrons. The fourth-order valence-electron chi connectivity index (χ4n) is 1.56. The number of methoxy groups -OCH3 is 1. The molecule has 8 heteroatoms. The first kappa shape index (κ1) is 12.2. The Hall–Kier alpha value is -0.860. The molecule has 0 bridgehead atoms. The predicted octanol–water partition coefficient (Wildman–Crippen LogP) is -0.705. The third-order valence-electron chi connectivity index (χ3n) is 2.11. The van der Waals surface area contributed by atoms with Crippen molar-refractivity contribution in [2.45, 2.75) is 6.92 Å². The smallest absolute Gasteiger partial charge is 0.384 e. The Bertz CT molecular complexity index is 346. The van der Waals surface area contributed by atoms with Crippen LogP contribution < -0.4 is 5.73 Å². The Morgan fingerprint density at radius 1 is 1.53 bits per heavy atom. The lowest BCUT2D eigenvalue weighted by Crippen LogP contribution is -2.59. The van der Waals surface area contributed by atoms with Gasteiger partial charge in [0, 0.05) is 25.6 Å². The number of nitrogens with two attached hydrogens (primary N) is 1. The Labute approximate surface area is 88.4 Å². The number of hydrogen-bond acceptors (Lipinski definition) is 5. The Morgan fingerprint density at radius 3 is 2.47 bits per heavy atom. The van der Waals surface area contributed by atoms with Gasteiger partial charge in [0.25, 0.3) is 0 Å². The van der Waals surface area contributed by atoms with Crippen molar-refractivity contribution in [3.05, 3.63) is 0 Å². The van der Waals surface area contributed by atoms with E-state index < -0.39 is 16.4 Å². The molecule has 0 spiro atoms. The lowest BCUT2D eigenvalue weighted by atomic mass is 9.85. The van der Waals surface area contributed by atoms with Gasteiger partial charge in [0.15, 0.2) is 0 Å². The number of rotatable bonds is 4. The van der Waals surface area contributed by atoms with E-state index in [2.05, 4.69) is 9.92 Å². The second-order valence-corrected chi connectivity index (χ2v) is 5.41. The Kier molecular flexibility index (Phi) is 3.22. The molecule has 0 aromatic rings. The summed E-state index contributed by atoms with van der Waals surface area (Å²) in [5.74, 6) is 0. The highest BCUT2D eigenvalue weighted by molar-refractivity contribution is 7.84. The number of nitrogens with zero attached hydrogens (tertiary/aromatic N) is 1. The fraction of sp³-hybridized carbons (Fsp3) is 0.857. The van der Waals surface area contributed by atoms with Crippen molar-refractivity contribution in [3.8, 4) is 0 Å². The third-order valence-corrected chi connectivity index (χ3v) is 3.38. The molecule has 1 saturated heterocycles. The summed E-state index contributed by atoms with van der Waals surface area (Å²) in [6.45, 7) is 2.86. The number of primary amides is 1. The predicted molar refractivity (Wildman–Crippen MR) is 51.1 cm³/mol. The molecule has 15 heavy (non-hydrogen) atoms. The number of amides is 1. The van der Waals surface area contributed by atoms with Gasteiger partial charge in [-0.05, 0) is 0 Å². The van der Waals surface area contributed by atoms with E-state index in [0.717, 1.165) is 4.31 Å². The van der Waals surface area contributed by atoms with Crippen molar-refractivity contribution in [3.63, 3.8) is 0 Å². The van der Waals surface area contributed by atoms with Gasteiger partial charge in [-0.15, -0.1) is 0 Å². The van der Waals surface area contributed by atoms with Gasteiger partial charge in [0.2, 0.25) is 0 Å². The van der Waals surface area contributed by atoms with Gasteiger partial charge in [-0.2, -0.15) is 12.7 Å². The summed E-state index contributed by atoms with van der Waals surface area (Å²) >= 11 is 0. The highest BCUT2D eigenvalue weighted by Crippen LogP contribution is 2.32. The first-order chi connectivity index (χ1) is 6.79. The molecular formula is C7H14N2O5S. The molecule has 1 rings (SSSR count). The quantitative estimate of drug-likeness (QED) is 0.697. The summed E-state index contributed by atoms with van der Waals surface area (Å²) in [6.07, 6.45) is -1.32. The monoisotopic (exact) mass is 238 g/mol. The summed E-state index contributed by atoms with van der Waals surface area (Å²) in [5, 5.41) is 0. The third kappa shape index (κ3) is 2.80. The Balaban J connectivity index is 2.54. The van der Waals surface area contributed by atoms with Gasteiger partial charge in [0.05, 0.1) is 6.61 Å². The van der Waals surface area contributed by atoms with Crippen LogP contribution in [-0.2, 0) is 19.2 Å². The summed E-state index contributed by atoms with van der Waals surface area (Å²) < 4.78 is 32.5. The molecule has 0 aromatic heterocycles. The van der Waals surface area contributed by atoms with Crippen LogP contribution in [0.3, 0.4) is 0 Å². The zero-order valence-corrected chi connectivity index (χ0v) is 9.41. The van der Waals surface area contributed by atoms with Crippen LogP contribution in [0.5, 0.6) is 0 Å². The molecule has 1 aliphatic rings. The van der Waals surface area contributed by atoms with Gasteiger partial charge >= 0.3 is 16.4 Å². The molecule has 1 amide bonds. The summed E-state index contributed by atoms with van der Waals surface area (Å²) in [7, 11) is -2.46. The van der Waals surface area contributed by atoms with Crippen LogP contribution in [0.4, 0.5) is 4.79 Å². The molecule has 1 fully saturated rings. The molecule has 0 atom stereocenters. The zero-order valence-electron chi connectivity index (χ0n) is 8.60. The van der Waals surface area contributed by atoms with E-state index in [4.69, 9.17) is 4.74 Å². The summed E-state index contributed by atoms with van der Waals surface area (Å²) in [4.78, 5) is 10.3.